The van der Waals surface area contributed by atoms with E-state index in [0.29, 0.717) is 18.5 Å². The summed E-state index contributed by atoms with van der Waals surface area (Å²) in [7, 11) is 0. The summed E-state index contributed by atoms with van der Waals surface area (Å²) in [6.07, 6.45) is 7.16. The van der Waals surface area contributed by atoms with Crippen LogP contribution in [0.4, 0.5) is 0 Å². The Hall–Kier alpha value is -1.85. The van der Waals surface area contributed by atoms with Crippen LogP contribution in [-0.4, -0.2) is 32.3 Å². The molecule has 0 saturated heterocycles. The highest BCUT2D eigenvalue weighted by molar-refractivity contribution is 5.93. The summed E-state index contributed by atoms with van der Waals surface area (Å²) in [4.78, 5) is 23.7. The Labute approximate surface area is 130 Å². The Morgan fingerprint density at radius 1 is 1.36 bits per heavy atom. The number of carboxylic acids is 1. The van der Waals surface area contributed by atoms with Gasteiger partial charge in [-0.25, -0.2) is 0 Å². The van der Waals surface area contributed by atoms with Gasteiger partial charge < -0.3 is 10.4 Å². The SMILES string of the molecule is CCC(CC)(CC(=O)O)NC(=O)c1ccnn1C1CCCC1. The summed E-state index contributed by atoms with van der Waals surface area (Å²) in [5, 5.41) is 16.4. The Morgan fingerprint density at radius 3 is 2.55 bits per heavy atom. The van der Waals surface area contributed by atoms with Crippen LogP contribution in [0.1, 0.15) is 75.3 Å². The first kappa shape index (κ1) is 16.5. The van der Waals surface area contributed by atoms with E-state index in [1.165, 1.54) is 12.8 Å². The molecule has 1 aliphatic carbocycles. The van der Waals surface area contributed by atoms with Crippen molar-refractivity contribution in [2.45, 2.75) is 70.4 Å². The zero-order valence-corrected chi connectivity index (χ0v) is 13.3. The number of nitrogens with zero attached hydrogens (tertiary/aromatic N) is 2. The normalized spacial score (nSPS) is 15.9. The molecule has 0 atom stereocenters. The smallest absolute Gasteiger partial charge is 0.305 e. The number of nitrogens with one attached hydrogen (secondary N) is 1. The fourth-order valence-corrected chi connectivity index (χ4v) is 3.25. The Bertz CT molecular complexity index is 528. The molecule has 0 spiro atoms. The minimum absolute atomic E-state index is 0.0662. The van der Waals surface area contributed by atoms with Crippen molar-refractivity contribution in [3.05, 3.63) is 18.0 Å². The largest absolute Gasteiger partial charge is 0.481 e. The highest BCUT2D eigenvalue weighted by Gasteiger charge is 2.33. The molecule has 0 aromatic carbocycles. The van der Waals surface area contributed by atoms with E-state index < -0.39 is 11.5 Å². The Kier molecular flexibility index (Phi) is 5.21. The predicted molar refractivity (Wildman–Crippen MR) is 82.8 cm³/mol. The molecule has 6 heteroatoms. The molecule has 1 heterocycles. The zero-order valence-electron chi connectivity index (χ0n) is 13.3. The minimum Gasteiger partial charge on any atom is -0.481 e. The molecule has 0 unspecified atom stereocenters. The van der Waals surface area contributed by atoms with Gasteiger partial charge in [-0.1, -0.05) is 26.7 Å². The van der Waals surface area contributed by atoms with E-state index >= 15 is 0 Å². The van der Waals surface area contributed by atoms with Gasteiger partial charge >= 0.3 is 5.97 Å². The van der Waals surface area contributed by atoms with E-state index in [2.05, 4.69) is 10.4 Å². The van der Waals surface area contributed by atoms with Crippen LogP contribution in [0, 0.1) is 0 Å². The number of aromatic nitrogens is 2. The molecule has 1 aliphatic rings. The third-order valence-corrected chi connectivity index (χ3v) is 4.80. The third-order valence-electron chi connectivity index (χ3n) is 4.80. The van der Waals surface area contributed by atoms with Crippen molar-refractivity contribution in [2.75, 3.05) is 0 Å². The van der Waals surface area contributed by atoms with Crippen molar-refractivity contribution in [2.24, 2.45) is 0 Å². The summed E-state index contributed by atoms with van der Waals surface area (Å²) in [5.74, 6) is -1.12. The number of carboxylic acid groups (broad SMARTS) is 1. The molecular formula is C16H25N3O3. The molecule has 0 aliphatic heterocycles. The highest BCUT2D eigenvalue weighted by Crippen LogP contribution is 2.30. The van der Waals surface area contributed by atoms with Crippen LogP contribution in [0.15, 0.2) is 12.3 Å². The first-order valence-electron chi connectivity index (χ1n) is 8.09. The van der Waals surface area contributed by atoms with Gasteiger partial charge in [0.2, 0.25) is 0 Å². The van der Waals surface area contributed by atoms with Crippen LogP contribution in [-0.2, 0) is 4.79 Å². The second kappa shape index (κ2) is 6.94. The monoisotopic (exact) mass is 307 g/mol. The van der Waals surface area contributed by atoms with E-state index in [9.17, 15) is 9.59 Å². The molecule has 22 heavy (non-hydrogen) atoms. The van der Waals surface area contributed by atoms with Gasteiger partial charge in [-0.15, -0.1) is 0 Å². The van der Waals surface area contributed by atoms with Crippen molar-refractivity contribution in [3.63, 3.8) is 0 Å². The second-order valence-corrected chi connectivity index (χ2v) is 6.11. The molecule has 6 nitrogen and oxygen atoms in total. The molecular weight excluding hydrogens is 282 g/mol. The maximum absolute atomic E-state index is 12.6. The van der Waals surface area contributed by atoms with Gasteiger partial charge in [-0.3, -0.25) is 14.3 Å². The van der Waals surface area contributed by atoms with Gasteiger partial charge in [0.05, 0.1) is 18.0 Å². The molecule has 122 valence electrons. The van der Waals surface area contributed by atoms with Gasteiger partial charge in [-0.05, 0) is 31.7 Å². The number of hydrogen-bond donors (Lipinski definition) is 2. The average Bonchev–Trinajstić information content (AvgIpc) is 3.15. The number of hydrogen-bond acceptors (Lipinski definition) is 3. The second-order valence-electron chi connectivity index (χ2n) is 6.11. The third kappa shape index (κ3) is 3.48. The molecule has 2 N–H and O–H groups in total. The van der Waals surface area contributed by atoms with E-state index in [4.69, 9.17) is 5.11 Å². The number of carbonyl (C=O) groups is 2. The number of amides is 1. The Morgan fingerprint density at radius 2 is 2.00 bits per heavy atom. The van der Waals surface area contributed by atoms with E-state index in [-0.39, 0.29) is 18.4 Å². The molecule has 0 radical (unpaired) electrons. The first-order chi connectivity index (χ1) is 10.5. The molecule has 1 amide bonds. The number of carbonyl (C=O) groups excluding carboxylic acids is 1. The lowest BCUT2D eigenvalue weighted by molar-refractivity contribution is -0.138. The van der Waals surface area contributed by atoms with E-state index in [1.54, 1.807) is 16.9 Å². The van der Waals surface area contributed by atoms with Crippen molar-refractivity contribution in [3.8, 4) is 0 Å². The lowest BCUT2D eigenvalue weighted by Gasteiger charge is -2.31. The summed E-state index contributed by atoms with van der Waals surface area (Å²) in [6.45, 7) is 3.81. The molecule has 1 fully saturated rings. The minimum atomic E-state index is -0.895. The quantitative estimate of drug-likeness (QED) is 0.811. The topological polar surface area (TPSA) is 84.2 Å². The van der Waals surface area contributed by atoms with Crippen molar-refractivity contribution >= 4 is 11.9 Å². The van der Waals surface area contributed by atoms with Crippen LogP contribution in [0.25, 0.3) is 0 Å². The maximum Gasteiger partial charge on any atom is 0.305 e. The van der Waals surface area contributed by atoms with Crippen molar-refractivity contribution < 1.29 is 14.7 Å². The van der Waals surface area contributed by atoms with Crippen molar-refractivity contribution in [1.82, 2.24) is 15.1 Å². The molecule has 1 saturated carbocycles. The summed E-state index contributed by atoms with van der Waals surface area (Å²) in [5.41, 5.74) is -0.170. The summed E-state index contributed by atoms with van der Waals surface area (Å²) < 4.78 is 1.80. The fourth-order valence-electron chi connectivity index (χ4n) is 3.25. The molecule has 0 bridgehead atoms. The highest BCUT2D eigenvalue weighted by atomic mass is 16.4. The lowest BCUT2D eigenvalue weighted by Crippen LogP contribution is -2.49. The van der Waals surface area contributed by atoms with E-state index in [0.717, 1.165) is 12.8 Å². The Balaban J connectivity index is 2.17. The van der Waals surface area contributed by atoms with Gasteiger partial charge in [0, 0.05) is 6.20 Å². The summed E-state index contributed by atoms with van der Waals surface area (Å²) >= 11 is 0. The van der Waals surface area contributed by atoms with Crippen LogP contribution in [0.2, 0.25) is 0 Å². The van der Waals surface area contributed by atoms with Crippen LogP contribution in [0.3, 0.4) is 0 Å². The van der Waals surface area contributed by atoms with Gasteiger partial charge in [0.1, 0.15) is 5.69 Å². The summed E-state index contributed by atoms with van der Waals surface area (Å²) in [6, 6.07) is 2.00. The van der Waals surface area contributed by atoms with Gasteiger partial charge in [-0.2, -0.15) is 5.10 Å². The van der Waals surface area contributed by atoms with Crippen LogP contribution in [0.5, 0.6) is 0 Å². The van der Waals surface area contributed by atoms with Crippen LogP contribution >= 0.6 is 0 Å². The van der Waals surface area contributed by atoms with Gasteiger partial charge in [0.25, 0.3) is 5.91 Å². The number of rotatable bonds is 7. The first-order valence-corrected chi connectivity index (χ1v) is 8.09. The maximum atomic E-state index is 12.6. The predicted octanol–water partition coefficient (Wildman–Crippen LogP) is 2.76. The molecule has 1 aromatic rings. The molecule has 2 rings (SSSR count). The molecule has 1 aromatic heterocycles. The average molecular weight is 307 g/mol. The zero-order chi connectivity index (χ0) is 16.2. The van der Waals surface area contributed by atoms with E-state index in [1.807, 2.05) is 13.8 Å². The van der Waals surface area contributed by atoms with Gasteiger partial charge in [0.15, 0.2) is 0 Å². The number of aliphatic carboxylic acids is 1. The fraction of sp³-hybridized carbons (Fsp3) is 0.688. The lowest BCUT2D eigenvalue weighted by atomic mass is 9.89. The van der Waals surface area contributed by atoms with Crippen molar-refractivity contribution in [1.29, 1.82) is 0 Å². The van der Waals surface area contributed by atoms with Crippen LogP contribution < -0.4 is 5.32 Å². The standard InChI is InChI=1S/C16H25N3O3/c1-3-16(4-2,11-14(20)21)18-15(22)13-9-10-17-19(13)12-7-5-6-8-12/h9-10,12H,3-8,11H2,1-2H3,(H,18,22)(H,20,21).